The van der Waals surface area contributed by atoms with Gasteiger partial charge in [-0.3, -0.25) is 4.79 Å². The van der Waals surface area contributed by atoms with E-state index in [9.17, 15) is 13.2 Å². The van der Waals surface area contributed by atoms with E-state index in [4.69, 9.17) is 0 Å². The lowest BCUT2D eigenvalue weighted by Crippen LogP contribution is -2.21. The van der Waals surface area contributed by atoms with Gasteiger partial charge in [0, 0.05) is 13.1 Å². The second kappa shape index (κ2) is 4.25. The molecule has 0 bridgehead atoms. The lowest BCUT2D eigenvalue weighted by molar-refractivity contribution is 0.102. The van der Waals surface area contributed by atoms with Crippen molar-refractivity contribution in [2.75, 3.05) is 5.75 Å². The third-order valence-corrected chi connectivity index (χ3v) is 6.27. The average molecular weight is 259 g/mol. The summed E-state index contributed by atoms with van der Waals surface area (Å²) in [7, 11) is -3.05. The summed E-state index contributed by atoms with van der Waals surface area (Å²) in [5.41, 5.74) is 0. The van der Waals surface area contributed by atoms with E-state index in [-0.39, 0.29) is 11.5 Å². The number of rotatable bonds is 2. The number of hydrogen-bond acceptors (Lipinski definition) is 5. The number of carbonyl (C=O) groups is 1. The fourth-order valence-corrected chi connectivity index (χ4v) is 5.03. The van der Waals surface area contributed by atoms with E-state index in [0.29, 0.717) is 16.3 Å². The topological polar surface area (TPSA) is 64.1 Å². The highest BCUT2D eigenvalue weighted by molar-refractivity contribution is 7.91. The smallest absolute Gasteiger partial charge is 0.171 e. The van der Waals surface area contributed by atoms with Crippen LogP contribution in [-0.4, -0.2) is 24.9 Å². The van der Waals surface area contributed by atoms with Gasteiger partial charge in [-0.1, -0.05) is 6.42 Å². The first-order valence-corrected chi connectivity index (χ1v) is 7.72. The quantitative estimate of drug-likeness (QED) is 0.762. The lowest BCUT2D eigenvalue weighted by Gasteiger charge is -2.19. The van der Waals surface area contributed by atoms with Crippen LogP contribution in [0.1, 0.15) is 46.1 Å². The molecule has 2 heterocycles. The van der Waals surface area contributed by atoms with Gasteiger partial charge in [-0.25, -0.2) is 13.4 Å². The van der Waals surface area contributed by atoms with E-state index >= 15 is 0 Å². The van der Waals surface area contributed by atoms with Crippen molar-refractivity contribution >= 4 is 27.0 Å². The molecule has 1 unspecified atom stereocenters. The molecular formula is C10H13NO3S2. The maximum absolute atomic E-state index is 11.8. The number of nitrogens with zero attached hydrogens (tertiary/aromatic N) is 1. The highest BCUT2D eigenvalue weighted by Gasteiger charge is 2.32. The van der Waals surface area contributed by atoms with Gasteiger partial charge in [0.2, 0.25) is 0 Å². The van der Waals surface area contributed by atoms with E-state index in [1.165, 1.54) is 24.5 Å². The number of sulfone groups is 1. The first-order valence-electron chi connectivity index (χ1n) is 5.19. The minimum absolute atomic E-state index is 0.0584. The van der Waals surface area contributed by atoms with Crippen molar-refractivity contribution in [1.29, 1.82) is 0 Å². The summed E-state index contributed by atoms with van der Waals surface area (Å²) in [5.74, 6) is 0.184. The zero-order valence-corrected chi connectivity index (χ0v) is 10.6. The normalized spacial score (nSPS) is 24.2. The Hall–Kier alpha value is -0.750. The Labute approximate surface area is 98.6 Å². The predicted octanol–water partition coefficient (Wildman–Crippen LogP) is 1.99. The summed E-state index contributed by atoms with van der Waals surface area (Å²) < 4.78 is 23.7. The summed E-state index contributed by atoms with van der Waals surface area (Å²) >= 11 is 1.21. The first-order chi connectivity index (χ1) is 7.50. The summed E-state index contributed by atoms with van der Waals surface area (Å²) in [5, 5.41) is 0.0873. The molecule has 6 heteroatoms. The van der Waals surface area contributed by atoms with Crippen molar-refractivity contribution in [3.63, 3.8) is 0 Å². The van der Waals surface area contributed by atoms with Crippen LogP contribution in [0.5, 0.6) is 0 Å². The van der Waals surface area contributed by atoms with Gasteiger partial charge in [0.15, 0.2) is 15.6 Å². The lowest BCUT2D eigenvalue weighted by atomic mass is 10.2. The van der Waals surface area contributed by atoms with Gasteiger partial charge < -0.3 is 0 Å². The van der Waals surface area contributed by atoms with Crippen molar-refractivity contribution in [3.8, 4) is 0 Å². The highest BCUT2D eigenvalue weighted by atomic mass is 32.2. The van der Waals surface area contributed by atoms with E-state index < -0.39 is 15.1 Å². The predicted molar refractivity (Wildman–Crippen MR) is 62.5 cm³/mol. The third-order valence-electron chi connectivity index (χ3n) is 2.72. The molecule has 1 saturated heterocycles. The van der Waals surface area contributed by atoms with Crippen molar-refractivity contribution in [2.45, 2.75) is 31.4 Å². The van der Waals surface area contributed by atoms with Crippen molar-refractivity contribution in [3.05, 3.63) is 16.1 Å². The van der Waals surface area contributed by atoms with Gasteiger partial charge in [0.05, 0.1) is 10.6 Å². The maximum Gasteiger partial charge on any atom is 0.171 e. The molecule has 0 spiro atoms. The summed E-state index contributed by atoms with van der Waals surface area (Å²) in [4.78, 5) is 15.7. The maximum atomic E-state index is 11.8. The number of hydrogen-bond donors (Lipinski definition) is 0. The van der Waals surface area contributed by atoms with Gasteiger partial charge >= 0.3 is 0 Å². The molecule has 0 aliphatic carbocycles. The van der Waals surface area contributed by atoms with E-state index in [2.05, 4.69) is 4.98 Å². The molecule has 0 N–H and O–H groups in total. The average Bonchev–Trinajstić information content (AvgIpc) is 2.65. The fraction of sp³-hybridized carbons (Fsp3) is 0.600. The first kappa shape index (κ1) is 11.7. The molecule has 0 radical (unpaired) electrons. The summed E-state index contributed by atoms with van der Waals surface area (Å²) in [6.07, 6.45) is 3.77. The van der Waals surface area contributed by atoms with Crippen LogP contribution in [0.4, 0.5) is 0 Å². The molecule has 0 aromatic carbocycles. The van der Waals surface area contributed by atoms with Crippen LogP contribution in [0.3, 0.4) is 0 Å². The van der Waals surface area contributed by atoms with Gasteiger partial charge in [0.25, 0.3) is 0 Å². The van der Waals surface area contributed by atoms with E-state index in [1.807, 2.05) is 0 Å². The van der Waals surface area contributed by atoms with Crippen molar-refractivity contribution < 1.29 is 13.2 Å². The monoisotopic (exact) mass is 259 g/mol. The second-order valence-corrected chi connectivity index (χ2v) is 7.34. The zero-order valence-electron chi connectivity index (χ0n) is 8.97. The Bertz CT molecular complexity index is 504. The molecule has 88 valence electrons. The second-order valence-electron chi connectivity index (χ2n) is 3.97. The number of Topliss-reactive ketones (excluding diaryl/α,β-unsaturated/α-hetero) is 1. The number of thiazole rings is 1. The number of carbonyl (C=O) groups excluding carboxylic acids is 1. The Morgan fingerprint density at radius 2 is 2.25 bits per heavy atom. The van der Waals surface area contributed by atoms with Crippen LogP contribution in [0, 0.1) is 0 Å². The van der Waals surface area contributed by atoms with Gasteiger partial charge in [0.1, 0.15) is 10.3 Å². The van der Waals surface area contributed by atoms with E-state index in [0.717, 1.165) is 12.8 Å². The van der Waals surface area contributed by atoms with Crippen molar-refractivity contribution in [1.82, 2.24) is 4.98 Å². The molecule has 0 saturated carbocycles. The molecule has 1 aromatic rings. The summed E-state index contributed by atoms with van der Waals surface area (Å²) in [6.45, 7) is 1.46. The van der Waals surface area contributed by atoms with Crippen LogP contribution < -0.4 is 0 Å². The van der Waals surface area contributed by atoms with Gasteiger partial charge in [-0.2, -0.15) is 0 Å². The minimum Gasteiger partial charge on any atom is -0.294 e. The van der Waals surface area contributed by atoms with E-state index in [1.54, 1.807) is 0 Å². The molecule has 1 fully saturated rings. The summed E-state index contributed by atoms with van der Waals surface area (Å²) in [6, 6.07) is 0. The molecule has 1 aromatic heterocycles. The zero-order chi connectivity index (χ0) is 11.8. The fourth-order valence-electron chi connectivity index (χ4n) is 1.83. The van der Waals surface area contributed by atoms with Crippen LogP contribution in [-0.2, 0) is 9.84 Å². The Morgan fingerprint density at radius 1 is 1.50 bits per heavy atom. The molecular weight excluding hydrogens is 246 g/mol. The van der Waals surface area contributed by atoms with Gasteiger partial charge in [-0.05, 0) is 12.8 Å². The largest absolute Gasteiger partial charge is 0.294 e. The Kier molecular flexibility index (Phi) is 3.12. The highest BCUT2D eigenvalue weighted by Crippen LogP contribution is 2.35. The standard InChI is InChI=1S/C10H13NO3S2/c1-7(12)8-6-11-10(15-8)9-4-2-3-5-16(9,13)14/h6,9H,2-5H2,1H3. The Balaban J connectivity index is 2.32. The number of aromatic nitrogens is 1. The molecule has 0 amide bonds. The van der Waals surface area contributed by atoms with Crippen LogP contribution in [0.25, 0.3) is 0 Å². The van der Waals surface area contributed by atoms with Gasteiger partial charge in [-0.15, -0.1) is 11.3 Å². The molecule has 16 heavy (non-hydrogen) atoms. The van der Waals surface area contributed by atoms with Crippen LogP contribution in [0.15, 0.2) is 6.20 Å². The Morgan fingerprint density at radius 3 is 2.81 bits per heavy atom. The van der Waals surface area contributed by atoms with Crippen LogP contribution >= 0.6 is 11.3 Å². The van der Waals surface area contributed by atoms with Crippen LogP contribution in [0.2, 0.25) is 0 Å². The number of ketones is 1. The third kappa shape index (κ3) is 2.17. The molecule has 2 rings (SSSR count). The minimum atomic E-state index is -3.05. The SMILES string of the molecule is CC(=O)c1cnc(C2CCCCS2(=O)=O)s1. The molecule has 1 atom stereocenters. The van der Waals surface area contributed by atoms with Crippen molar-refractivity contribution in [2.24, 2.45) is 0 Å². The molecule has 1 aliphatic rings. The molecule has 1 aliphatic heterocycles. The molecule has 4 nitrogen and oxygen atoms in total.